The largest absolute Gasteiger partial charge is 0.481 e. The highest BCUT2D eigenvalue weighted by atomic mass is 32.2. The van der Waals surface area contributed by atoms with Crippen LogP contribution in [0.1, 0.15) is 41.1 Å². The van der Waals surface area contributed by atoms with E-state index < -0.39 is 63.9 Å². The van der Waals surface area contributed by atoms with Crippen LogP contribution < -0.4 is 5.32 Å². The first-order valence-electron chi connectivity index (χ1n) is 13.6. The van der Waals surface area contributed by atoms with Crippen LogP contribution in [0.15, 0.2) is 89.3 Å². The summed E-state index contributed by atoms with van der Waals surface area (Å²) in [6.45, 7) is -0.120. The minimum Gasteiger partial charge on any atom is -0.481 e. The minimum atomic E-state index is -3.99. The van der Waals surface area contributed by atoms with E-state index >= 15 is 0 Å². The summed E-state index contributed by atoms with van der Waals surface area (Å²) in [4.78, 5) is 56.3. The van der Waals surface area contributed by atoms with E-state index in [-0.39, 0.29) is 12.4 Å². The second-order valence-electron chi connectivity index (χ2n) is 9.92. The lowest BCUT2D eigenvalue weighted by Crippen LogP contribution is -2.53. The zero-order valence-electron chi connectivity index (χ0n) is 23.2. The standard InChI is InChI=1S/C31H31N3O8S/c35-27(17-18-28(36)37)32-25(21-43(40,41)20-23-12-5-2-6-13-23)30(38)34(19-9-14-22-10-3-1-4-11-22)31(39)29-33-24-15-7-8-16-26(24)42-29/h1-8,10-13,15-16,25H,9,14,17-21H2,(H,32,35)(H,36,37). The first-order valence-corrected chi connectivity index (χ1v) is 15.4. The van der Waals surface area contributed by atoms with E-state index in [2.05, 4.69) is 10.3 Å². The molecule has 3 aromatic carbocycles. The summed E-state index contributed by atoms with van der Waals surface area (Å²) in [6.07, 6.45) is -0.164. The summed E-state index contributed by atoms with van der Waals surface area (Å²) in [7, 11) is -3.99. The molecule has 1 unspecified atom stereocenters. The number of carbonyl (C=O) groups excluding carboxylic acids is 3. The number of aliphatic carboxylic acids is 1. The topological polar surface area (TPSA) is 164 Å². The molecule has 3 amide bonds. The van der Waals surface area contributed by atoms with Gasteiger partial charge < -0.3 is 14.8 Å². The number of nitrogens with zero attached hydrogens (tertiary/aromatic N) is 2. The SMILES string of the molecule is O=C(O)CCC(=O)NC(CS(=O)(=O)Cc1ccccc1)C(=O)N(CCCc1ccccc1)C(=O)c1nc2ccccc2o1. The summed E-state index contributed by atoms with van der Waals surface area (Å²) >= 11 is 0. The summed E-state index contributed by atoms with van der Waals surface area (Å²) in [5, 5.41) is 11.3. The number of rotatable bonds is 14. The molecule has 11 nitrogen and oxygen atoms in total. The number of fused-ring (bicyclic) bond motifs is 1. The summed E-state index contributed by atoms with van der Waals surface area (Å²) in [5.41, 5.74) is 2.17. The predicted octanol–water partition coefficient (Wildman–Crippen LogP) is 3.39. The molecule has 0 aliphatic carbocycles. The molecule has 1 aromatic heterocycles. The van der Waals surface area contributed by atoms with E-state index in [1.165, 1.54) is 0 Å². The molecule has 0 aliphatic heterocycles. The van der Waals surface area contributed by atoms with Crippen molar-refractivity contribution < 1.29 is 37.1 Å². The molecule has 12 heteroatoms. The Labute approximate surface area is 248 Å². The average molecular weight is 606 g/mol. The van der Waals surface area contributed by atoms with Crippen LogP contribution in [0.2, 0.25) is 0 Å². The third-order valence-corrected chi connectivity index (χ3v) is 8.14. The number of oxazole rings is 1. The van der Waals surface area contributed by atoms with E-state index in [0.29, 0.717) is 29.5 Å². The molecule has 0 saturated heterocycles. The van der Waals surface area contributed by atoms with Gasteiger partial charge in [-0.25, -0.2) is 13.4 Å². The molecule has 0 aliphatic rings. The number of sulfone groups is 1. The Morgan fingerprint density at radius 2 is 1.49 bits per heavy atom. The molecule has 224 valence electrons. The molecule has 0 spiro atoms. The molecular formula is C31H31N3O8S. The van der Waals surface area contributed by atoms with Crippen molar-refractivity contribution in [3.63, 3.8) is 0 Å². The first kappa shape index (κ1) is 31.1. The van der Waals surface area contributed by atoms with Gasteiger partial charge in [-0.05, 0) is 36.1 Å². The zero-order valence-corrected chi connectivity index (χ0v) is 24.0. The maximum Gasteiger partial charge on any atom is 0.316 e. The van der Waals surface area contributed by atoms with Gasteiger partial charge in [0.05, 0.1) is 17.9 Å². The van der Waals surface area contributed by atoms with Crippen molar-refractivity contribution >= 4 is 44.6 Å². The molecule has 0 bridgehead atoms. The molecule has 0 saturated carbocycles. The molecule has 4 rings (SSSR count). The van der Waals surface area contributed by atoms with Crippen molar-refractivity contribution in [3.05, 3.63) is 102 Å². The first-order chi connectivity index (χ1) is 20.6. The maximum atomic E-state index is 14.0. The average Bonchev–Trinajstić information content (AvgIpc) is 3.43. The van der Waals surface area contributed by atoms with Crippen LogP contribution in [0.4, 0.5) is 0 Å². The van der Waals surface area contributed by atoms with Crippen LogP contribution in [0.25, 0.3) is 11.1 Å². The number of carboxylic acid groups (broad SMARTS) is 1. The Bertz CT molecular complexity index is 1650. The zero-order chi connectivity index (χ0) is 30.8. The maximum absolute atomic E-state index is 14.0. The van der Waals surface area contributed by atoms with Gasteiger partial charge in [-0.15, -0.1) is 0 Å². The van der Waals surface area contributed by atoms with Crippen molar-refractivity contribution in [3.8, 4) is 0 Å². The van der Waals surface area contributed by atoms with Crippen molar-refractivity contribution in [1.29, 1.82) is 0 Å². The number of hydrogen-bond acceptors (Lipinski definition) is 8. The van der Waals surface area contributed by atoms with Gasteiger partial charge in [0.25, 0.3) is 11.8 Å². The quantitative estimate of drug-likeness (QED) is 0.219. The number of para-hydroxylation sites is 2. The Hall–Kier alpha value is -4.84. The fourth-order valence-corrected chi connectivity index (χ4v) is 6.02. The third kappa shape index (κ3) is 9.07. The van der Waals surface area contributed by atoms with Crippen LogP contribution in [-0.4, -0.2) is 65.4 Å². The van der Waals surface area contributed by atoms with Crippen LogP contribution >= 0.6 is 0 Å². The molecule has 1 heterocycles. The Balaban J connectivity index is 1.63. The number of imide groups is 1. The second-order valence-corrected chi connectivity index (χ2v) is 12.0. The predicted molar refractivity (Wildman–Crippen MR) is 158 cm³/mol. The van der Waals surface area contributed by atoms with Gasteiger partial charge in [-0.3, -0.25) is 24.1 Å². The number of carbonyl (C=O) groups is 4. The van der Waals surface area contributed by atoms with Gasteiger partial charge in [0.15, 0.2) is 15.4 Å². The lowest BCUT2D eigenvalue weighted by molar-refractivity contribution is -0.139. The fourth-order valence-electron chi connectivity index (χ4n) is 4.47. The van der Waals surface area contributed by atoms with Crippen LogP contribution in [0, 0.1) is 0 Å². The summed E-state index contributed by atoms with van der Waals surface area (Å²) < 4.78 is 32.0. The number of nitrogens with one attached hydrogen (secondary N) is 1. The lowest BCUT2D eigenvalue weighted by atomic mass is 10.1. The van der Waals surface area contributed by atoms with E-state index in [1.807, 2.05) is 30.3 Å². The Kier molecular flexibility index (Phi) is 10.4. The van der Waals surface area contributed by atoms with Gasteiger partial charge in [-0.1, -0.05) is 72.8 Å². The molecule has 43 heavy (non-hydrogen) atoms. The van der Waals surface area contributed by atoms with Crippen molar-refractivity contribution in [2.75, 3.05) is 12.3 Å². The molecule has 2 N–H and O–H groups in total. The van der Waals surface area contributed by atoms with Gasteiger partial charge in [0.2, 0.25) is 5.91 Å². The lowest BCUT2D eigenvalue weighted by Gasteiger charge is -2.26. The Morgan fingerprint density at radius 3 is 2.14 bits per heavy atom. The minimum absolute atomic E-state index is 0.120. The number of aryl methyl sites for hydroxylation is 1. The van der Waals surface area contributed by atoms with Crippen LogP contribution in [0.3, 0.4) is 0 Å². The number of hydrogen-bond donors (Lipinski definition) is 2. The highest BCUT2D eigenvalue weighted by Crippen LogP contribution is 2.18. The van der Waals surface area contributed by atoms with Gasteiger partial charge >= 0.3 is 11.9 Å². The van der Waals surface area contributed by atoms with Gasteiger partial charge in [-0.2, -0.15) is 0 Å². The Morgan fingerprint density at radius 1 is 0.860 bits per heavy atom. The van der Waals surface area contributed by atoms with E-state index in [1.54, 1.807) is 54.6 Å². The molecule has 0 radical (unpaired) electrons. The van der Waals surface area contributed by atoms with Crippen molar-refractivity contribution in [1.82, 2.24) is 15.2 Å². The smallest absolute Gasteiger partial charge is 0.316 e. The second kappa shape index (κ2) is 14.4. The monoisotopic (exact) mass is 605 g/mol. The van der Waals surface area contributed by atoms with Gasteiger partial charge in [0, 0.05) is 13.0 Å². The molecule has 1 atom stereocenters. The highest BCUT2D eigenvalue weighted by Gasteiger charge is 2.35. The normalized spacial score (nSPS) is 12.0. The van der Waals surface area contributed by atoms with E-state index in [9.17, 15) is 27.6 Å². The number of benzene rings is 3. The van der Waals surface area contributed by atoms with Crippen LogP contribution in [0.5, 0.6) is 0 Å². The third-order valence-electron chi connectivity index (χ3n) is 6.53. The number of amides is 3. The fraction of sp³-hybridized carbons (Fsp3) is 0.258. The van der Waals surface area contributed by atoms with Crippen molar-refractivity contribution in [2.45, 2.75) is 37.5 Å². The number of carboxylic acids is 1. The molecule has 4 aromatic rings. The molecule has 0 fully saturated rings. The highest BCUT2D eigenvalue weighted by molar-refractivity contribution is 7.90. The van der Waals surface area contributed by atoms with Gasteiger partial charge in [0.1, 0.15) is 11.6 Å². The summed E-state index contributed by atoms with van der Waals surface area (Å²) in [6, 6.07) is 22.7. The van der Waals surface area contributed by atoms with Crippen LogP contribution in [-0.2, 0) is 36.4 Å². The van der Waals surface area contributed by atoms with Crippen molar-refractivity contribution in [2.24, 2.45) is 0 Å². The van der Waals surface area contributed by atoms with E-state index in [4.69, 9.17) is 9.52 Å². The summed E-state index contributed by atoms with van der Waals surface area (Å²) in [5.74, 6) is -5.51. The number of aromatic nitrogens is 1. The van der Waals surface area contributed by atoms with E-state index in [0.717, 1.165) is 10.5 Å². The molecular weight excluding hydrogens is 574 g/mol.